The first-order valence-electron chi connectivity index (χ1n) is 5.38. The van der Waals surface area contributed by atoms with E-state index in [9.17, 15) is 4.79 Å². The molecule has 15 heavy (non-hydrogen) atoms. The Bertz CT molecular complexity index is 345. The van der Waals surface area contributed by atoms with Gasteiger partial charge in [-0.3, -0.25) is 4.79 Å². The molecule has 0 radical (unpaired) electrons. The molecule has 0 atom stereocenters. The van der Waals surface area contributed by atoms with Crippen molar-refractivity contribution in [1.29, 1.82) is 0 Å². The number of likely N-dealkylation sites (tertiary alicyclic amines) is 1. The minimum Gasteiger partial charge on any atom is -0.361 e. The third-order valence-electron chi connectivity index (χ3n) is 2.97. The van der Waals surface area contributed by atoms with Gasteiger partial charge in [0.15, 0.2) is 0 Å². The zero-order valence-electron chi connectivity index (χ0n) is 9.25. The third-order valence-corrected chi connectivity index (χ3v) is 2.97. The van der Waals surface area contributed by atoms with E-state index in [0.29, 0.717) is 6.42 Å². The molecule has 1 amide bonds. The van der Waals surface area contributed by atoms with Gasteiger partial charge in [-0.15, -0.1) is 0 Å². The lowest BCUT2D eigenvalue weighted by molar-refractivity contribution is -0.129. The molecule has 1 aliphatic heterocycles. The molecular weight excluding hydrogens is 192 g/mol. The molecule has 1 fully saturated rings. The van der Waals surface area contributed by atoms with Crippen molar-refractivity contribution >= 4 is 5.91 Å². The van der Waals surface area contributed by atoms with Crippen LogP contribution in [0.4, 0.5) is 0 Å². The fourth-order valence-electron chi connectivity index (χ4n) is 1.98. The highest BCUT2D eigenvalue weighted by atomic mass is 16.5. The highest BCUT2D eigenvalue weighted by Crippen LogP contribution is 2.16. The number of amides is 1. The van der Waals surface area contributed by atoms with Crippen LogP contribution in [0.5, 0.6) is 0 Å². The largest absolute Gasteiger partial charge is 0.361 e. The summed E-state index contributed by atoms with van der Waals surface area (Å²) in [7, 11) is 0. The average Bonchev–Trinajstić information content (AvgIpc) is 2.82. The summed E-state index contributed by atoms with van der Waals surface area (Å²) in [6, 6.07) is 0. The van der Waals surface area contributed by atoms with Gasteiger partial charge in [-0.1, -0.05) is 5.16 Å². The van der Waals surface area contributed by atoms with E-state index in [1.54, 1.807) is 0 Å². The Morgan fingerprint density at radius 2 is 2.07 bits per heavy atom. The number of carbonyl (C=O) groups is 1. The molecule has 0 saturated carbocycles. The maximum absolute atomic E-state index is 11.9. The van der Waals surface area contributed by atoms with Crippen molar-refractivity contribution in [2.24, 2.45) is 0 Å². The Labute approximate surface area is 89.2 Å². The van der Waals surface area contributed by atoms with E-state index < -0.39 is 0 Å². The molecule has 0 spiro atoms. The van der Waals surface area contributed by atoms with Crippen LogP contribution in [-0.4, -0.2) is 29.1 Å². The van der Waals surface area contributed by atoms with Gasteiger partial charge in [-0.2, -0.15) is 0 Å². The molecule has 0 unspecified atom stereocenters. The van der Waals surface area contributed by atoms with E-state index >= 15 is 0 Å². The minimum atomic E-state index is 0.196. The summed E-state index contributed by atoms with van der Waals surface area (Å²) >= 11 is 0. The Morgan fingerprint density at radius 3 is 2.60 bits per heavy atom. The van der Waals surface area contributed by atoms with Crippen LogP contribution in [0.2, 0.25) is 0 Å². The smallest absolute Gasteiger partial charge is 0.227 e. The van der Waals surface area contributed by atoms with E-state index in [2.05, 4.69) is 5.16 Å². The molecule has 4 nitrogen and oxygen atoms in total. The number of hydrogen-bond donors (Lipinski definition) is 0. The van der Waals surface area contributed by atoms with E-state index in [0.717, 1.165) is 42.9 Å². The average molecular weight is 208 g/mol. The maximum atomic E-state index is 11.9. The van der Waals surface area contributed by atoms with Gasteiger partial charge in [0.2, 0.25) is 5.91 Å². The SMILES string of the molecule is Cc1noc(C)c1CC(=O)N1CCCC1. The zero-order chi connectivity index (χ0) is 10.8. The van der Waals surface area contributed by atoms with Crippen LogP contribution in [-0.2, 0) is 11.2 Å². The molecule has 0 N–H and O–H groups in total. The fourth-order valence-corrected chi connectivity index (χ4v) is 1.98. The van der Waals surface area contributed by atoms with Crippen molar-refractivity contribution in [3.05, 3.63) is 17.0 Å². The van der Waals surface area contributed by atoms with Crippen molar-refractivity contribution in [3.8, 4) is 0 Å². The second-order valence-corrected chi connectivity index (χ2v) is 4.07. The van der Waals surface area contributed by atoms with Crippen LogP contribution in [0.15, 0.2) is 4.52 Å². The molecule has 4 heteroatoms. The monoisotopic (exact) mass is 208 g/mol. The number of hydrogen-bond acceptors (Lipinski definition) is 3. The van der Waals surface area contributed by atoms with Crippen LogP contribution >= 0.6 is 0 Å². The van der Waals surface area contributed by atoms with Crippen molar-refractivity contribution in [3.63, 3.8) is 0 Å². The standard InChI is InChI=1S/C11H16N2O2/c1-8-10(9(2)15-12-8)7-11(14)13-5-3-4-6-13/h3-7H2,1-2H3. The number of carbonyl (C=O) groups excluding carboxylic acids is 1. The van der Waals surface area contributed by atoms with E-state index in [-0.39, 0.29) is 5.91 Å². The van der Waals surface area contributed by atoms with Gasteiger partial charge in [0.1, 0.15) is 5.76 Å². The molecular formula is C11H16N2O2. The van der Waals surface area contributed by atoms with Crippen molar-refractivity contribution in [2.45, 2.75) is 33.1 Å². The molecule has 1 aromatic rings. The summed E-state index contributed by atoms with van der Waals surface area (Å²) in [5.74, 6) is 0.960. The summed E-state index contributed by atoms with van der Waals surface area (Å²) in [4.78, 5) is 13.8. The van der Waals surface area contributed by atoms with Crippen molar-refractivity contribution < 1.29 is 9.32 Å². The number of rotatable bonds is 2. The second-order valence-electron chi connectivity index (χ2n) is 4.07. The maximum Gasteiger partial charge on any atom is 0.227 e. The Kier molecular flexibility index (Phi) is 2.75. The molecule has 1 aromatic heterocycles. The first-order chi connectivity index (χ1) is 7.18. The van der Waals surface area contributed by atoms with Crippen LogP contribution in [0.3, 0.4) is 0 Å². The van der Waals surface area contributed by atoms with E-state index in [4.69, 9.17) is 4.52 Å². The predicted octanol–water partition coefficient (Wildman–Crippen LogP) is 1.46. The summed E-state index contributed by atoms with van der Waals surface area (Å²) in [6.07, 6.45) is 2.70. The van der Waals surface area contributed by atoms with Crippen molar-refractivity contribution in [2.75, 3.05) is 13.1 Å². The van der Waals surface area contributed by atoms with Gasteiger partial charge in [0.05, 0.1) is 12.1 Å². The van der Waals surface area contributed by atoms with Crippen LogP contribution < -0.4 is 0 Å². The zero-order valence-corrected chi connectivity index (χ0v) is 9.25. The van der Waals surface area contributed by atoms with Crippen LogP contribution in [0, 0.1) is 13.8 Å². The molecule has 82 valence electrons. The molecule has 0 bridgehead atoms. The van der Waals surface area contributed by atoms with Crippen LogP contribution in [0.1, 0.15) is 29.9 Å². The molecule has 2 heterocycles. The molecule has 1 aliphatic rings. The first-order valence-corrected chi connectivity index (χ1v) is 5.38. The van der Waals surface area contributed by atoms with Gasteiger partial charge in [0, 0.05) is 18.7 Å². The normalized spacial score (nSPS) is 16.0. The first kappa shape index (κ1) is 10.2. The summed E-state index contributed by atoms with van der Waals surface area (Å²) < 4.78 is 5.04. The highest BCUT2D eigenvalue weighted by Gasteiger charge is 2.20. The Balaban J connectivity index is 2.05. The third kappa shape index (κ3) is 2.03. The molecule has 2 rings (SSSR count). The van der Waals surface area contributed by atoms with E-state index in [1.807, 2.05) is 18.7 Å². The number of nitrogens with zero attached hydrogens (tertiary/aromatic N) is 2. The van der Waals surface area contributed by atoms with Gasteiger partial charge in [-0.05, 0) is 26.7 Å². The van der Waals surface area contributed by atoms with E-state index in [1.165, 1.54) is 0 Å². The molecule has 0 aromatic carbocycles. The minimum absolute atomic E-state index is 0.196. The van der Waals surface area contributed by atoms with Gasteiger partial charge in [-0.25, -0.2) is 0 Å². The van der Waals surface area contributed by atoms with Gasteiger partial charge >= 0.3 is 0 Å². The predicted molar refractivity (Wildman–Crippen MR) is 55.5 cm³/mol. The lowest BCUT2D eigenvalue weighted by atomic mass is 10.1. The fraction of sp³-hybridized carbons (Fsp3) is 0.636. The van der Waals surface area contributed by atoms with Crippen molar-refractivity contribution in [1.82, 2.24) is 10.1 Å². The lowest BCUT2D eigenvalue weighted by Crippen LogP contribution is -2.29. The summed E-state index contributed by atoms with van der Waals surface area (Å²) in [6.45, 7) is 5.54. The van der Waals surface area contributed by atoms with Crippen LogP contribution in [0.25, 0.3) is 0 Å². The molecule has 0 aliphatic carbocycles. The Morgan fingerprint density at radius 1 is 1.40 bits per heavy atom. The van der Waals surface area contributed by atoms with Gasteiger partial charge in [0.25, 0.3) is 0 Å². The highest BCUT2D eigenvalue weighted by molar-refractivity contribution is 5.79. The molecule has 1 saturated heterocycles. The second kappa shape index (κ2) is 4.04. The number of aryl methyl sites for hydroxylation is 2. The Hall–Kier alpha value is -1.32. The topological polar surface area (TPSA) is 46.3 Å². The lowest BCUT2D eigenvalue weighted by Gasteiger charge is -2.14. The number of aromatic nitrogens is 1. The quantitative estimate of drug-likeness (QED) is 0.739. The van der Waals surface area contributed by atoms with Gasteiger partial charge < -0.3 is 9.42 Å². The summed E-state index contributed by atoms with van der Waals surface area (Å²) in [5.41, 5.74) is 1.78. The summed E-state index contributed by atoms with van der Waals surface area (Å²) in [5, 5.41) is 3.85.